The molecule has 0 radical (unpaired) electrons. The lowest BCUT2D eigenvalue weighted by Crippen LogP contribution is -2.02. The SMILES string of the molecule is Cc1cc(F)ccc1COc1ccc(C(=O)O)nc1. The van der Waals surface area contributed by atoms with Gasteiger partial charge in [-0.2, -0.15) is 0 Å². The van der Waals surface area contributed by atoms with Crippen LogP contribution in [0.5, 0.6) is 5.75 Å². The molecule has 0 bridgehead atoms. The number of aromatic carboxylic acids is 1. The molecule has 0 aliphatic carbocycles. The molecule has 19 heavy (non-hydrogen) atoms. The zero-order chi connectivity index (χ0) is 13.8. The molecule has 1 heterocycles. The van der Waals surface area contributed by atoms with Gasteiger partial charge in [-0.15, -0.1) is 0 Å². The Morgan fingerprint density at radius 2 is 2.16 bits per heavy atom. The second-order valence-electron chi connectivity index (χ2n) is 4.04. The van der Waals surface area contributed by atoms with Crippen LogP contribution in [0.1, 0.15) is 21.6 Å². The molecular weight excluding hydrogens is 249 g/mol. The molecule has 0 saturated carbocycles. The van der Waals surface area contributed by atoms with Gasteiger partial charge in [0.05, 0.1) is 6.20 Å². The van der Waals surface area contributed by atoms with Crippen molar-refractivity contribution >= 4 is 5.97 Å². The second-order valence-corrected chi connectivity index (χ2v) is 4.04. The Labute approximate surface area is 109 Å². The fourth-order valence-electron chi connectivity index (χ4n) is 1.57. The van der Waals surface area contributed by atoms with Crippen LogP contribution in [0.2, 0.25) is 0 Å². The van der Waals surface area contributed by atoms with E-state index in [-0.39, 0.29) is 18.1 Å². The summed E-state index contributed by atoms with van der Waals surface area (Å²) >= 11 is 0. The highest BCUT2D eigenvalue weighted by molar-refractivity contribution is 5.85. The summed E-state index contributed by atoms with van der Waals surface area (Å²) in [7, 11) is 0. The quantitative estimate of drug-likeness (QED) is 0.919. The standard InChI is InChI=1S/C14H12FNO3/c1-9-6-11(15)3-2-10(9)8-19-12-4-5-13(14(17)18)16-7-12/h2-7H,8H2,1H3,(H,17,18). The largest absolute Gasteiger partial charge is 0.487 e. The fourth-order valence-corrected chi connectivity index (χ4v) is 1.57. The van der Waals surface area contributed by atoms with Crippen LogP contribution in [0.25, 0.3) is 0 Å². The number of carboxylic acids is 1. The van der Waals surface area contributed by atoms with Crippen molar-refractivity contribution in [2.24, 2.45) is 0 Å². The monoisotopic (exact) mass is 261 g/mol. The molecule has 1 aromatic carbocycles. The molecule has 0 unspecified atom stereocenters. The van der Waals surface area contributed by atoms with E-state index in [1.807, 2.05) is 0 Å². The predicted molar refractivity (Wildman–Crippen MR) is 66.7 cm³/mol. The van der Waals surface area contributed by atoms with Gasteiger partial charge >= 0.3 is 5.97 Å². The number of halogens is 1. The Morgan fingerprint density at radius 3 is 2.74 bits per heavy atom. The lowest BCUT2D eigenvalue weighted by molar-refractivity contribution is 0.0690. The molecule has 0 spiro atoms. The molecular formula is C14H12FNO3. The maximum absolute atomic E-state index is 12.9. The van der Waals surface area contributed by atoms with E-state index >= 15 is 0 Å². The minimum absolute atomic E-state index is 0.0367. The minimum atomic E-state index is -1.08. The zero-order valence-corrected chi connectivity index (χ0v) is 10.3. The third-order valence-electron chi connectivity index (χ3n) is 2.65. The molecule has 0 aliphatic heterocycles. The van der Waals surface area contributed by atoms with Crippen molar-refractivity contribution in [3.8, 4) is 5.75 Å². The first-order valence-corrected chi connectivity index (χ1v) is 5.63. The molecule has 0 amide bonds. The summed E-state index contributed by atoms with van der Waals surface area (Å²) in [6.07, 6.45) is 1.35. The van der Waals surface area contributed by atoms with Gasteiger partial charge in [0.1, 0.15) is 23.9 Å². The van der Waals surface area contributed by atoms with Crippen molar-refractivity contribution in [1.82, 2.24) is 4.98 Å². The highest BCUT2D eigenvalue weighted by Crippen LogP contribution is 2.15. The first-order valence-electron chi connectivity index (χ1n) is 5.63. The van der Waals surface area contributed by atoms with Crippen molar-refractivity contribution in [2.75, 3.05) is 0 Å². The number of ether oxygens (including phenoxy) is 1. The van der Waals surface area contributed by atoms with Crippen LogP contribution in [0.3, 0.4) is 0 Å². The summed E-state index contributed by atoms with van der Waals surface area (Å²) in [4.78, 5) is 14.4. The van der Waals surface area contributed by atoms with E-state index < -0.39 is 5.97 Å². The number of aromatic nitrogens is 1. The summed E-state index contributed by atoms with van der Waals surface area (Å²) in [6, 6.07) is 7.37. The molecule has 2 rings (SSSR count). The van der Waals surface area contributed by atoms with E-state index in [1.165, 1.54) is 30.5 Å². The Balaban J connectivity index is 2.04. The van der Waals surface area contributed by atoms with Crippen molar-refractivity contribution in [3.63, 3.8) is 0 Å². The fraction of sp³-hybridized carbons (Fsp3) is 0.143. The number of carboxylic acid groups (broad SMARTS) is 1. The highest BCUT2D eigenvalue weighted by Gasteiger charge is 2.05. The summed E-state index contributed by atoms with van der Waals surface area (Å²) in [5.41, 5.74) is 1.63. The van der Waals surface area contributed by atoms with Gasteiger partial charge in [-0.3, -0.25) is 0 Å². The number of hydrogen-bond acceptors (Lipinski definition) is 3. The van der Waals surface area contributed by atoms with Crippen molar-refractivity contribution in [3.05, 3.63) is 59.2 Å². The normalized spacial score (nSPS) is 10.2. The molecule has 5 heteroatoms. The molecule has 0 aliphatic rings. The molecule has 0 fully saturated rings. The smallest absolute Gasteiger partial charge is 0.354 e. The van der Waals surface area contributed by atoms with Crippen LogP contribution in [0, 0.1) is 12.7 Å². The van der Waals surface area contributed by atoms with Gasteiger partial charge in [-0.05, 0) is 42.3 Å². The summed E-state index contributed by atoms with van der Waals surface area (Å²) in [6.45, 7) is 2.08. The summed E-state index contributed by atoms with van der Waals surface area (Å²) < 4.78 is 18.4. The van der Waals surface area contributed by atoms with Crippen LogP contribution in [0.15, 0.2) is 36.5 Å². The Bertz CT molecular complexity index is 596. The summed E-state index contributed by atoms with van der Waals surface area (Å²) in [5.74, 6) is -0.900. The van der Waals surface area contributed by atoms with E-state index in [2.05, 4.69) is 4.98 Å². The van der Waals surface area contributed by atoms with Crippen LogP contribution < -0.4 is 4.74 Å². The van der Waals surface area contributed by atoms with E-state index in [4.69, 9.17) is 9.84 Å². The first-order chi connectivity index (χ1) is 9.06. The maximum Gasteiger partial charge on any atom is 0.354 e. The number of nitrogens with zero attached hydrogens (tertiary/aromatic N) is 1. The van der Waals surface area contributed by atoms with Crippen LogP contribution in [-0.2, 0) is 6.61 Å². The van der Waals surface area contributed by atoms with Gasteiger partial charge in [-0.25, -0.2) is 14.2 Å². The molecule has 4 nitrogen and oxygen atoms in total. The molecule has 1 aromatic heterocycles. The number of rotatable bonds is 4. The Morgan fingerprint density at radius 1 is 1.37 bits per heavy atom. The maximum atomic E-state index is 12.9. The average molecular weight is 261 g/mol. The molecule has 0 atom stereocenters. The number of aryl methyl sites for hydroxylation is 1. The Kier molecular flexibility index (Phi) is 3.75. The van der Waals surface area contributed by atoms with Gasteiger partial charge in [-0.1, -0.05) is 6.07 Å². The van der Waals surface area contributed by atoms with Crippen LogP contribution in [0.4, 0.5) is 4.39 Å². The van der Waals surface area contributed by atoms with Gasteiger partial charge < -0.3 is 9.84 Å². The summed E-state index contributed by atoms with van der Waals surface area (Å²) in [5, 5.41) is 8.71. The average Bonchev–Trinajstić information content (AvgIpc) is 2.38. The molecule has 98 valence electrons. The van der Waals surface area contributed by atoms with Crippen molar-refractivity contribution in [2.45, 2.75) is 13.5 Å². The van der Waals surface area contributed by atoms with Crippen LogP contribution >= 0.6 is 0 Å². The van der Waals surface area contributed by atoms with Gasteiger partial charge in [0.2, 0.25) is 0 Å². The van der Waals surface area contributed by atoms with Gasteiger partial charge in [0.15, 0.2) is 0 Å². The van der Waals surface area contributed by atoms with Crippen LogP contribution in [-0.4, -0.2) is 16.1 Å². The number of carbonyl (C=O) groups is 1. The van der Waals surface area contributed by atoms with Gasteiger partial charge in [0, 0.05) is 0 Å². The van der Waals surface area contributed by atoms with E-state index in [0.717, 1.165) is 11.1 Å². The zero-order valence-electron chi connectivity index (χ0n) is 10.3. The lowest BCUT2D eigenvalue weighted by Gasteiger charge is -2.08. The second kappa shape index (κ2) is 5.48. The topological polar surface area (TPSA) is 59.4 Å². The molecule has 1 N–H and O–H groups in total. The Hall–Kier alpha value is -2.43. The number of hydrogen-bond donors (Lipinski definition) is 1. The van der Waals surface area contributed by atoms with Crippen molar-refractivity contribution in [1.29, 1.82) is 0 Å². The van der Waals surface area contributed by atoms with E-state index in [1.54, 1.807) is 13.0 Å². The first kappa shape index (κ1) is 13.0. The van der Waals surface area contributed by atoms with E-state index in [0.29, 0.717) is 5.75 Å². The lowest BCUT2D eigenvalue weighted by atomic mass is 10.1. The third kappa shape index (κ3) is 3.28. The minimum Gasteiger partial charge on any atom is -0.487 e. The predicted octanol–water partition coefficient (Wildman–Crippen LogP) is 2.81. The van der Waals surface area contributed by atoms with Gasteiger partial charge in [0.25, 0.3) is 0 Å². The highest BCUT2D eigenvalue weighted by atomic mass is 19.1. The third-order valence-corrected chi connectivity index (χ3v) is 2.65. The molecule has 2 aromatic rings. The van der Waals surface area contributed by atoms with E-state index in [9.17, 15) is 9.18 Å². The van der Waals surface area contributed by atoms with Crippen molar-refractivity contribution < 1.29 is 19.0 Å². The number of pyridine rings is 1. The number of benzene rings is 1. The molecule has 0 saturated heterocycles.